The molecule has 0 aliphatic rings. The number of carbonyl (C=O) groups is 1. The largest absolute Gasteiger partial charge is 0.495 e. The number of rotatable bonds is 4. The van der Waals surface area contributed by atoms with E-state index in [0.717, 1.165) is 5.56 Å². The number of carbonyl (C=O) groups excluding carboxylic acids is 1. The molecule has 0 spiro atoms. The molecular weight excluding hydrogens is 282 g/mol. The number of methoxy groups -OCH3 is 1. The van der Waals surface area contributed by atoms with Gasteiger partial charge in [-0.25, -0.2) is 4.79 Å². The lowest BCUT2D eigenvalue weighted by Gasteiger charge is -2.19. The Bertz CT molecular complexity index is 564. The standard InChI is InChI=1S/C17H23NO4/c1-17(2,3)22-16(20)18-10-6-5-7-14-11-13(12-19)8-9-15(14)21-4/h8-9,11,19H,6,10,12H2,1-4H3,(H,18,20). The Kier molecular flexibility index (Phi) is 6.74. The molecule has 0 aliphatic heterocycles. The molecule has 0 aromatic heterocycles. The van der Waals surface area contributed by atoms with Gasteiger partial charge >= 0.3 is 6.09 Å². The first-order valence-corrected chi connectivity index (χ1v) is 7.09. The summed E-state index contributed by atoms with van der Waals surface area (Å²) in [5.41, 5.74) is 0.983. The molecule has 0 atom stereocenters. The molecule has 1 rings (SSSR count). The van der Waals surface area contributed by atoms with E-state index in [1.807, 2.05) is 20.8 Å². The quantitative estimate of drug-likeness (QED) is 0.662. The molecule has 1 aromatic rings. The zero-order chi connectivity index (χ0) is 16.6. The summed E-state index contributed by atoms with van der Waals surface area (Å²) in [5.74, 6) is 6.60. The number of alkyl carbamates (subject to hydrolysis) is 1. The van der Waals surface area contributed by atoms with Crippen molar-refractivity contribution >= 4 is 6.09 Å². The van der Waals surface area contributed by atoms with Gasteiger partial charge in [0.05, 0.1) is 19.3 Å². The van der Waals surface area contributed by atoms with Crippen LogP contribution in [0.25, 0.3) is 0 Å². The highest BCUT2D eigenvalue weighted by molar-refractivity contribution is 5.67. The molecule has 0 fully saturated rings. The Balaban J connectivity index is 2.53. The summed E-state index contributed by atoms with van der Waals surface area (Å²) in [7, 11) is 1.57. The summed E-state index contributed by atoms with van der Waals surface area (Å²) in [4.78, 5) is 11.4. The van der Waals surface area contributed by atoms with E-state index in [4.69, 9.17) is 14.6 Å². The fourth-order valence-electron chi connectivity index (χ4n) is 1.65. The summed E-state index contributed by atoms with van der Waals surface area (Å²) in [6.45, 7) is 5.80. The minimum absolute atomic E-state index is 0.0428. The predicted molar refractivity (Wildman–Crippen MR) is 84.6 cm³/mol. The van der Waals surface area contributed by atoms with Crippen molar-refractivity contribution in [2.75, 3.05) is 13.7 Å². The fraction of sp³-hybridized carbons (Fsp3) is 0.471. The van der Waals surface area contributed by atoms with E-state index in [0.29, 0.717) is 24.3 Å². The minimum Gasteiger partial charge on any atom is -0.495 e. The maximum Gasteiger partial charge on any atom is 0.407 e. The molecule has 2 N–H and O–H groups in total. The molecule has 5 heteroatoms. The van der Waals surface area contributed by atoms with Crippen LogP contribution in [0.15, 0.2) is 18.2 Å². The zero-order valence-electron chi connectivity index (χ0n) is 13.5. The molecule has 1 aromatic carbocycles. The number of hydrogen-bond acceptors (Lipinski definition) is 4. The molecule has 0 radical (unpaired) electrons. The molecular formula is C17H23NO4. The van der Waals surface area contributed by atoms with E-state index in [-0.39, 0.29) is 6.61 Å². The molecule has 0 saturated carbocycles. The third-order valence-electron chi connectivity index (χ3n) is 2.59. The third-order valence-corrected chi connectivity index (χ3v) is 2.59. The number of benzene rings is 1. The second kappa shape index (κ2) is 8.30. The van der Waals surface area contributed by atoms with Gasteiger partial charge in [0.15, 0.2) is 0 Å². The van der Waals surface area contributed by atoms with Gasteiger partial charge in [-0.1, -0.05) is 17.9 Å². The van der Waals surface area contributed by atoms with Crippen LogP contribution in [0.2, 0.25) is 0 Å². The molecule has 120 valence electrons. The third kappa shape index (κ3) is 6.51. The van der Waals surface area contributed by atoms with Crippen LogP contribution in [0, 0.1) is 11.8 Å². The van der Waals surface area contributed by atoms with Gasteiger partial charge < -0.3 is 19.9 Å². The highest BCUT2D eigenvalue weighted by Gasteiger charge is 2.15. The number of hydrogen-bond donors (Lipinski definition) is 2. The highest BCUT2D eigenvalue weighted by Crippen LogP contribution is 2.18. The second-order valence-electron chi connectivity index (χ2n) is 5.67. The minimum atomic E-state index is -0.506. The van der Waals surface area contributed by atoms with Gasteiger partial charge in [-0.3, -0.25) is 0 Å². The molecule has 0 aliphatic carbocycles. The average molecular weight is 305 g/mol. The summed E-state index contributed by atoms with van der Waals surface area (Å²) in [6.07, 6.45) is 0.0420. The number of aliphatic hydroxyl groups excluding tert-OH is 1. The number of nitrogens with one attached hydrogen (secondary N) is 1. The zero-order valence-corrected chi connectivity index (χ0v) is 13.5. The molecule has 0 unspecified atom stereocenters. The molecule has 22 heavy (non-hydrogen) atoms. The van der Waals surface area contributed by atoms with Crippen molar-refractivity contribution in [2.45, 2.75) is 39.4 Å². The maximum absolute atomic E-state index is 11.4. The van der Waals surface area contributed by atoms with Gasteiger partial charge in [0.2, 0.25) is 0 Å². The number of ether oxygens (including phenoxy) is 2. The Morgan fingerprint density at radius 2 is 2.09 bits per heavy atom. The van der Waals surface area contributed by atoms with E-state index < -0.39 is 11.7 Å². The SMILES string of the molecule is COc1ccc(CO)cc1C#CCCNC(=O)OC(C)(C)C. The fourth-order valence-corrected chi connectivity index (χ4v) is 1.65. The van der Waals surface area contributed by atoms with E-state index in [9.17, 15) is 4.79 Å². The van der Waals surface area contributed by atoms with Crippen molar-refractivity contribution in [3.8, 4) is 17.6 Å². The summed E-state index contributed by atoms with van der Waals surface area (Å²) < 4.78 is 10.3. The van der Waals surface area contributed by atoms with Gasteiger partial charge in [-0.15, -0.1) is 0 Å². The van der Waals surface area contributed by atoms with Gasteiger partial charge in [0, 0.05) is 13.0 Å². The van der Waals surface area contributed by atoms with Crippen LogP contribution < -0.4 is 10.1 Å². The highest BCUT2D eigenvalue weighted by atomic mass is 16.6. The van der Waals surface area contributed by atoms with Crippen LogP contribution in [-0.4, -0.2) is 30.5 Å². The predicted octanol–water partition coefficient (Wildman–Crippen LogP) is 2.45. The van der Waals surface area contributed by atoms with Crippen molar-refractivity contribution < 1.29 is 19.4 Å². The molecule has 5 nitrogen and oxygen atoms in total. The van der Waals surface area contributed by atoms with Gasteiger partial charge in [-0.2, -0.15) is 0 Å². The van der Waals surface area contributed by atoms with E-state index in [1.165, 1.54) is 0 Å². The Hall–Kier alpha value is -2.19. The lowest BCUT2D eigenvalue weighted by Crippen LogP contribution is -2.32. The first kappa shape index (κ1) is 17.9. The van der Waals surface area contributed by atoms with Crippen LogP contribution in [0.5, 0.6) is 5.75 Å². The average Bonchev–Trinajstić information content (AvgIpc) is 2.44. The first-order valence-electron chi connectivity index (χ1n) is 7.09. The monoisotopic (exact) mass is 305 g/mol. The normalized spacial score (nSPS) is 10.4. The van der Waals surface area contributed by atoms with Crippen molar-refractivity contribution in [3.05, 3.63) is 29.3 Å². The molecule has 0 bridgehead atoms. The lowest BCUT2D eigenvalue weighted by molar-refractivity contribution is 0.0529. The van der Waals surface area contributed by atoms with Crippen LogP contribution in [0.3, 0.4) is 0 Å². The van der Waals surface area contributed by atoms with Gasteiger partial charge in [0.25, 0.3) is 0 Å². The van der Waals surface area contributed by atoms with Crippen molar-refractivity contribution in [3.63, 3.8) is 0 Å². The van der Waals surface area contributed by atoms with Crippen molar-refractivity contribution in [1.82, 2.24) is 5.32 Å². The van der Waals surface area contributed by atoms with E-state index in [2.05, 4.69) is 17.2 Å². The van der Waals surface area contributed by atoms with Crippen molar-refractivity contribution in [2.24, 2.45) is 0 Å². The Morgan fingerprint density at radius 1 is 1.36 bits per heavy atom. The first-order chi connectivity index (χ1) is 10.4. The molecule has 0 heterocycles. The molecule has 0 saturated heterocycles. The topological polar surface area (TPSA) is 67.8 Å². The van der Waals surface area contributed by atoms with E-state index >= 15 is 0 Å². The Labute approximate surface area is 131 Å². The number of amides is 1. The second-order valence-corrected chi connectivity index (χ2v) is 5.67. The van der Waals surface area contributed by atoms with Gasteiger partial charge in [-0.05, 0) is 38.5 Å². The van der Waals surface area contributed by atoms with Gasteiger partial charge in [0.1, 0.15) is 11.4 Å². The van der Waals surface area contributed by atoms with Crippen LogP contribution in [0.1, 0.15) is 38.3 Å². The summed E-state index contributed by atoms with van der Waals surface area (Å²) in [6, 6.07) is 5.34. The maximum atomic E-state index is 11.4. The van der Waals surface area contributed by atoms with Crippen LogP contribution in [-0.2, 0) is 11.3 Å². The van der Waals surface area contributed by atoms with Crippen molar-refractivity contribution in [1.29, 1.82) is 0 Å². The molecule has 1 amide bonds. The Morgan fingerprint density at radius 3 is 2.68 bits per heavy atom. The summed E-state index contributed by atoms with van der Waals surface area (Å²) in [5, 5.41) is 11.8. The summed E-state index contributed by atoms with van der Waals surface area (Å²) >= 11 is 0. The smallest absolute Gasteiger partial charge is 0.407 e. The number of aliphatic hydroxyl groups is 1. The van der Waals surface area contributed by atoms with Crippen LogP contribution in [0.4, 0.5) is 4.79 Å². The van der Waals surface area contributed by atoms with Crippen LogP contribution >= 0.6 is 0 Å². The lowest BCUT2D eigenvalue weighted by atomic mass is 10.1. The van der Waals surface area contributed by atoms with E-state index in [1.54, 1.807) is 25.3 Å².